The van der Waals surface area contributed by atoms with Crippen LogP contribution in [0.2, 0.25) is 5.02 Å². The maximum Gasteiger partial charge on any atom is 0.323 e. The van der Waals surface area contributed by atoms with Gasteiger partial charge in [0.05, 0.1) is 11.1 Å². The van der Waals surface area contributed by atoms with Crippen LogP contribution in [-0.4, -0.2) is 53.0 Å². The summed E-state index contributed by atoms with van der Waals surface area (Å²) in [6, 6.07) is 4.11. The van der Waals surface area contributed by atoms with Crippen LogP contribution < -0.4 is 0 Å². The van der Waals surface area contributed by atoms with Crippen molar-refractivity contribution >= 4 is 23.5 Å². The summed E-state index contributed by atoms with van der Waals surface area (Å²) < 4.78 is 13.2. The van der Waals surface area contributed by atoms with E-state index in [1.54, 1.807) is 12.1 Å². The van der Waals surface area contributed by atoms with Crippen molar-refractivity contribution in [2.45, 2.75) is 31.8 Å². The Morgan fingerprint density at radius 1 is 1.48 bits per heavy atom. The molecule has 1 fully saturated rings. The van der Waals surface area contributed by atoms with E-state index in [-0.39, 0.29) is 23.5 Å². The van der Waals surface area contributed by atoms with E-state index < -0.39 is 11.8 Å². The van der Waals surface area contributed by atoms with E-state index in [0.717, 1.165) is 18.4 Å². The highest BCUT2D eigenvalue weighted by Crippen LogP contribution is 2.21. The Balaban J connectivity index is 2.09. The smallest absolute Gasteiger partial charge is 0.323 e. The van der Waals surface area contributed by atoms with Crippen molar-refractivity contribution in [2.75, 3.05) is 20.1 Å². The predicted molar refractivity (Wildman–Crippen MR) is 84.7 cm³/mol. The molecule has 1 aliphatic heterocycles. The fraction of sp³-hybridized carbons (Fsp3) is 0.500. The van der Waals surface area contributed by atoms with Gasteiger partial charge >= 0.3 is 5.97 Å². The number of likely N-dealkylation sites (N-methyl/N-ethyl adjacent to an activating group) is 1. The van der Waals surface area contributed by atoms with Gasteiger partial charge < -0.3 is 10.0 Å². The number of carboxylic acid groups (broad SMARTS) is 1. The van der Waals surface area contributed by atoms with Gasteiger partial charge in [-0.05, 0) is 44.0 Å². The number of hydrogen-bond acceptors (Lipinski definition) is 3. The average molecular weight is 343 g/mol. The largest absolute Gasteiger partial charge is 0.480 e. The third kappa shape index (κ3) is 4.65. The van der Waals surface area contributed by atoms with Crippen molar-refractivity contribution in [1.29, 1.82) is 0 Å². The van der Waals surface area contributed by atoms with Crippen LogP contribution in [0, 0.1) is 5.82 Å². The summed E-state index contributed by atoms with van der Waals surface area (Å²) >= 11 is 5.78. The number of hydrogen-bond donors (Lipinski definition) is 1. The molecule has 7 heteroatoms. The first-order valence-electron chi connectivity index (χ1n) is 7.53. The molecule has 0 bridgehead atoms. The van der Waals surface area contributed by atoms with E-state index >= 15 is 0 Å². The summed E-state index contributed by atoms with van der Waals surface area (Å²) in [5.74, 6) is -1.65. The molecule has 1 atom stereocenters. The van der Waals surface area contributed by atoms with Crippen LogP contribution in [0.4, 0.5) is 4.39 Å². The van der Waals surface area contributed by atoms with Crippen LogP contribution in [0.3, 0.4) is 0 Å². The lowest BCUT2D eigenvalue weighted by atomic mass is 10.1. The molecule has 1 saturated heterocycles. The minimum absolute atomic E-state index is 0.0515. The Morgan fingerprint density at radius 3 is 2.87 bits per heavy atom. The first-order chi connectivity index (χ1) is 10.9. The predicted octanol–water partition coefficient (Wildman–Crippen LogP) is 2.38. The van der Waals surface area contributed by atoms with E-state index in [0.29, 0.717) is 19.5 Å². The van der Waals surface area contributed by atoms with Gasteiger partial charge in [0.15, 0.2) is 0 Å². The highest BCUT2D eigenvalue weighted by molar-refractivity contribution is 6.30. The SMILES string of the molecule is CN(Cc1ccc(F)c(Cl)c1)C1CCCCN(CC(=O)O)C1=O. The Labute approximate surface area is 139 Å². The number of amides is 1. The number of rotatable bonds is 5. The highest BCUT2D eigenvalue weighted by atomic mass is 35.5. The van der Waals surface area contributed by atoms with Crippen LogP contribution in [-0.2, 0) is 16.1 Å². The van der Waals surface area contributed by atoms with Crippen molar-refractivity contribution < 1.29 is 19.1 Å². The molecule has 0 radical (unpaired) electrons. The molecule has 1 aromatic carbocycles. The lowest BCUT2D eigenvalue weighted by Gasteiger charge is -2.29. The summed E-state index contributed by atoms with van der Waals surface area (Å²) in [6.45, 7) is 0.640. The Bertz CT molecular complexity index is 597. The first kappa shape index (κ1) is 17.7. The number of likely N-dealkylation sites (tertiary alicyclic amines) is 1. The standard InChI is InChI=1S/C16H20ClFN2O3/c1-19(9-11-5-6-13(18)12(17)8-11)14-4-2-3-7-20(16(14)23)10-15(21)22/h5-6,8,14H,2-4,7,9-10H2,1H3,(H,21,22). The summed E-state index contributed by atoms with van der Waals surface area (Å²) in [6.07, 6.45) is 2.34. The Morgan fingerprint density at radius 2 is 2.22 bits per heavy atom. The minimum Gasteiger partial charge on any atom is -0.480 e. The zero-order valence-corrected chi connectivity index (χ0v) is 13.7. The summed E-state index contributed by atoms with van der Waals surface area (Å²) in [5.41, 5.74) is 0.806. The van der Waals surface area contributed by atoms with Gasteiger partial charge in [0.25, 0.3) is 0 Å². The van der Waals surface area contributed by atoms with Gasteiger partial charge in [0.2, 0.25) is 5.91 Å². The number of carbonyl (C=O) groups is 2. The number of benzene rings is 1. The summed E-state index contributed by atoms with van der Waals surface area (Å²) in [7, 11) is 1.81. The van der Waals surface area contributed by atoms with Crippen molar-refractivity contribution in [3.8, 4) is 0 Å². The van der Waals surface area contributed by atoms with Gasteiger partial charge in [-0.25, -0.2) is 4.39 Å². The lowest BCUT2D eigenvalue weighted by Crippen LogP contribution is -2.47. The normalized spacial score (nSPS) is 19.0. The molecular formula is C16H20ClFN2O3. The molecule has 2 rings (SSSR count). The average Bonchev–Trinajstić information content (AvgIpc) is 2.65. The van der Waals surface area contributed by atoms with Crippen LogP contribution in [0.15, 0.2) is 18.2 Å². The Hall–Kier alpha value is -1.66. The van der Waals surface area contributed by atoms with Crippen LogP contribution in [0.1, 0.15) is 24.8 Å². The number of halogens is 2. The molecule has 0 spiro atoms. The van der Waals surface area contributed by atoms with E-state index in [4.69, 9.17) is 16.7 Å². The highest BCUT2D eigenvalue weighted by Gasteiger charge is 2.30. The zero-order valence-electron chi connectivity index (χ0n) is 13.0. The molecule has 23 heavy (non-hydrogen) atoms. The lowest BCUT2D eigenvalue weighted by molar-refractivity contribution is -0.146. The van der Waals surface area contributed by atoms with Gasteiger partial charge in [-0.15, -0.1) is 0 Å². The number of carbonyl (C=O) groups excluding carboxylic acids is 1. The molecule has 1 unspecified atom stereocenters. The van der Waals surface area contributed by atoms with E-state index in [9.17, 15) is 14.0 Å². The first-order valence-corrected chi connectivity index (χ1v) is 7.91. The zero-order chi connectivity index (χ0) is 17.0. The summed E-state index contributed by atoms with van der Waals surface area (Å²) in [4.78, 5) is 26.7. The third-order valence-electron chi connectivity index (χ3n) is 4.03. The molecule has 0 aliphatic carbocycles. The van der Waals surface area contributed by atoms with Gasteiger partial charge in [-0.2, -0.15) is 0 Å². The molecular weight excluding hydrogens is 323 g/mol. The molecule has 1 aliphatic rings. The van der Waals surface area contributed by atoms with Crippen molar-refractivity contribution in [3.63, 3.8) is 0 Å². The quantitative estimate of drug-likeness (QED) is 0.892. The fourth-order valence-corrected chi connectivity index (χ4v) is 3.05. The second-order valence-corrected chi connectivity index (χ2v) is 6.24. The molecule has 5 nitrogen and oxygen atoms in total. The van der Waals surface area contributed by atoms with Gasteiger partial charge in [-0.1, -0.05) is 17.7 Å². The molecule has 1 N–H and O–H groups in total. The van der Waals surface area contributed by atoms with Gasteiger partial charge in [0.1, 0.15) is 12.4 Å². The van der Waals surface area contributed by atoms with E-state index in [1.165, 1.54) is 11.0 Å². The Kier molecular flexibility index (Phi) is 5.96. The molecule has 126 valence electrons. The molecule has 0 saturated carbocycles. The van der Waals surface area contributed by atoms with Crippen LogP contribution >= 0.6 is 11.6 Å². The maximum absolute atomic E-state index is 13.2. The van der Waals surface area contributed by atoms with Crippen molar-refractivity contribution in [2.24, 2.45) is 0 Å². The second kappa shape index (κ2) is 7.75. The fourth-order valence-electron chi connectivity index (χ4n) is 2.85. The van der Waals surface area contributed by atoms with E-state index in [2.05, 4.69) is 0 Å². The van der Waals surface area contributed by atoms with Crippen molar-refractivity contribution in [1.82, 2.24) is 9.80 Å². The number of nitrogens with zero attached hydrogens (tertiary/aromatic N) is 2. The maximum atomic E-state index is 13.2. The number of carboxylic acids is 1. The molecule has 1 heterocycles. The van der Waals surface area contributed by atoms with Gasteiger partial charge in [-0.3, -0.25) is 14.5 Å². The summed E-state index contributed by atoms with van der Waals surface area (Å²) in [5, 5.41) is 8.99. The molecule has 1 aromatic rings. The third-order valence-corrected chi connectivity index (χ3v) is 4.32. The van der Waals surface area contributed by atoms with Crippen LogP contribution in [0.25, 0.3) is 0 Å². The van der Waals surface area contributed by atoms with E-state index in [1.807, 2.05) is 11.9 Å². The minimum atomic E-state index is -1.01. The van der Waals surface area contributed by atoms with Gasteiger partial charge in [0, 0.05) is 13.1 Å². The monoisotopic (exact) mass is 342 g/mol. The van der Waals surface area contributed by atoms with Crippen LogP contribution in [0.5, 0.6) is 0 Å². The molecule has 0 aromatic heterocycles. The molecule has 1 amide bonds. The second-order valence-electron chi connectivity index (χ2n) is 5.83. The number of aliphatic carboxylic acids is 1. The van der Waals surface area contributed by atoms with Crippen molar-refractivity contribution in [3.05, 3.63) is 34.6 Å². The topological polar surface area (TPSA) is 60.9 Å².